The van der Waals surface area contributed by atoms with Crippen LogP contribution in [-0.4, -0.2) is 38.6 Å². The largest absolute Gasteiger partial charge is 0.480 e. The van der Waals surface area contributed by atoms with Crippen LogP contribution in [0.1, 0.15) is 19.4 Å². The summed E-state index contributed by atoms with van der Waals surface area (Å²) in [7, 11) is 0. The maximum Gasteiger partial charge on any atom is 0.392 e. The summed E-state index contributed by atoms with van der Waals surface area (Å²) in [5.41, 5.74) is -0.694. The highest BCUT2D eigenvalue weighted by Crippen LogP contribution is 2.27. The first kappa shape index (κ1) is 15.7. The van der Waals surface area contributed by atoms with Crippen molar-refractivity contribution in [2.45, 2.75) is 25.6 Å². The molecule has 20 heavy (non-hydrogen) atoms. The van der Waals surface area contributed by atoms with Gasteiger partial charge in [0.25, 0.3) is 0 Å². The molecule has 8 nitrogen and oxygen atoms in total. The average molecular weight is 297 g/mol. The van der Waals surface area contributed by atoms with Gasteiger partial charge in [0.15, 0.2) is 0 Å². The number of aliphatic carboxylic acids is 1. The normalized spacial score (nSPS) is 13.0. The van der Waals surface area contributed by atoms with Crippen LogP contribution in [0.15, 0.2) is 6.20 Å². The van der Waals surface area contributed by atoms with Crippen LogP contribution in [0.3, 0.4) is 0 Å². The highest BCUT2D eigenvalue weighted by atomic mass is 19.4. The number of hydrogen-bond acceptors (Lipinski definition) is 5. The number of aromatic nitrogens is 2. The molecule has 0 radical (unpaired) electrons. The Bertz CT molecular complexity index is 513. The predicted molar refractivity (Wildman–Crippen MR) is 57.4 cm³/mol. The van der Waals surface area contributed by atoms with Crippen molar-refractivity contribution in [3.05, 3.63) is 16.3 Å². The molecule has 0 spiro atoms. The minimum Gasteiger partial charge on any atom is -0.480 e. The van der Waals surface area contributed by atoms with Crippen LogP contribution >= 0.6 is 0 Å². The van der Waals surface area contributed by atoms with E-state index in [9.17, 15) is 28.1 Å². The second-order valence-corrected chi connectivity index (χ2v) is 3.78. The Morgan fingerprint density at radius 2 is 2.25 bits per heavy atom. The van der Waals surface area contributed by atoms with Crippen LogP contribution in [0.5, 0.6) is 5.88 Å². The molecule has 0 bridgehead atoms. The number of carbonyl (C=O) groups is 1. The number of hydrogen-bond donors (Lipinski definition) is 1. The fourth-order valence-corrected chi connectivity index (χ4v) is 1.17. The number of carboxylic acids is 1. The summed E-state index contributed by atoms with van der Waals surface area (Å²) in [6.45, 7) is 0.362. The third kappa shape index (κ3) is 4.10. The van der Waals surface area contributed by atoms with Crippen molar-refractivity contribution in [1.29, 1.82) is 0 Å². The molecular weight excluding hydrogens is 287 g/mol. The van der Waals surface area contributed by atoms with E-state index in [4.69, 9.17) is 5.11 Å². The minimum atomic E-state index is -4.47. The molecule has 1 rings (SSSR count). The van der Waals surface area contributed by atoms with Gasteiger partial charge in [-0.3, -0.25) is 10.1 Å². The van der Waals surface area contributed by atoms with Gasteiger partial charge < -0.3 is 9.84 Å². The van der Waals surface area contributed by atoms with Crippen LogP contribution in [-0.2, 0) is 4.79 Å². The number of nitrogens with zero attached hydrogens (tertiary/aromatic N) is 3. The standard InChI is InChI=1S/C9H10F3N3O5/c1-5(8(16)17)14-4-6(15(18)19)7(13-14)20-3-2-9(10,11)12/h4-5H,2-3H2,1H3,(H,16,17). The molecule has 1 aromatic rings. The lowest BCUT2D eigenvalue weighted by Gasteiger charge is -2.06. The van der Waals surface area contributed by atoms with E-state index in [-0.39, 0.29) is 0 Å². The number of alkyl halides is 3. The van der Waals surface area contributed by atoms with Gasteiger partial charge in [0.2, 0.25) is 0 Å². The van der Waals surface area contributed by atoms with Gasteiger partial charge in [0.1, 0.15) is 12.2 Å². The molecular formula is C9H10F3N3O5. The third-order valence-electron chi connectivity index (χ3n) is 2.26. The molecule has 1 heterocycles. The summed E-state index contributed by atoms with van der Waals surface area (Å²) in [6.07, 6.45) is -4.97. The molecule has 1 aromatic heterocycles. The maximum atomic E-state index is 11.9. The zero-order valence-corrected chi connectivity index (χ0v) is 10.1. The third-order valence-corrected chi connectivity index (χ3v) is 2.26. The van der Waals surface area contributed by atoms with Crippen LogP contribution in [0.2, 0.25) is 0 Å². The summed E-state index contributed by atoms with van der Waals surface area (Å²) in [5, 5.41) is 22.9. The van der Waals surface area contributed by atoms with E-state index in [1.165, 1.54) is 6.92 Å². The van der Waals surface area contributed by atoms with Crippen molar-refractivity contribution in [3.8, 4) is 5.88 Å². The van der Waals surface area contributed by atoms with Crippen molar-refractivity contribution in [1.82, 2.24) is 9.78 Å². The molecule has 0 aromatic carbocycles. The van der Waals surface area contributed by atoms with Crippen LogP contribution in [0.25, 0.3) is 0 Å². The number of nitro groups is 1. The van der Waals surface area contributed by atoms with E-state index in [0.29, 0.717) is 0 Å². The van der Waals surface area contributed by atoms with E-state index in [1.54, 1.807) is 0 Å². The van der Waals surface area contributed by atoms with Crippen molar-refractivity contribution in [2.75, 3.05) is 6.61 Å². The lowest BCUT2D eigenvalue weighted by molar-refractivity contribution is -0.386. The molecule has 11 heteroatoms. The number of ether oxygens (including phenoxy) is 1. The van der Waals surface area contributed by atoms with E-state index in [0.717, 1.165) is 10.9 Å². The molecule has 0 aliphatic rings. The number of rotatable bonds is 6. The second kappa shape index (κ2) is 5.75. The smallest absolute Gasteiger partial charge is 0.392 e. The molecule has 0 saturated heterocycles. The van der Waals surface area contributed by atoms with Gasteiger partial charge in [0, 0.05) is 0 Å². The summed E-state index contributed by atoms with van der Waals surface area (Å²) >= 11 is 0. The first-order chi connectivity index (χ1) is 9.11. The quantitative estimate of drug-likeness (QED) is 0.633. The SMILES string of the molecule is CC(C(=O)O)n1cc([N+](=O)[O-])c(OCCC(F)(F)F)n1. The Hall–Kier alpha value is -2.33. The Balaban J connectivity index is 2.88. The number of carboxylic acid groups (broad SMARTS) is 1. The van der Waals surface area contributed by atoms with E-state index in [1.807, 2.05) is 0 Å². The van der Waals surface area contributed by atoms with Crippen LogP contribution < -0.4 is 4.74 Å². The predicted octanol–water partition coefficient (Wildman–Crippen LogP) is 1.77. The zero-order valence-electron chi connectivity index (χ0n) is 10.1. The molecule has 1 atom stereocenters. The van der Waals surface area contributed by atoms with Crippen molar-refractivity contribution in [3.63, 3.8) is 0 Å². The Morgan fingerprint density at radius 1 is 1.65 bits per heavy atom. The fourth-order valence-electron chi connectivity index (χ4n) is 1.17. The molecule has 0 saturated carbocycles. The molecule has 0 fully saturated rings. The van der Waals surface area contributed by atoms with E-state index >= 15 is 0 Å². The molecule has 1 N–H and O–H groups in total. The van der Waals surface area contributed by atoms with Gasteiger partial charge in [-0.2, -0.15) is 13.2 Å². The van der Waals surface area contributed by atoms with E-state index < -0.39 is 47.7 Å². The summed E-state index contributed by atoms with van der Waals surface area (Å²) in [5.74, 6) is -1.95. The van der Waals surface area contributed by atoms with Gasteiger partial charge in [-0.1, -0.05) is 0 Å². The van der Waals surface area contributed by atoms with Crippen molar-refractivity contribution < 1.29 is 32.7 Å². The van der Waals surface area contributed by atoms with Gasteiger partial charge in [-0.25, -0.2) is 9.48 Å². The number of halogens is 3. The lowest BCUT2D eigenvalue weighted by atomic mass is 10.3. The van der Waals surface area contributed by atoms with Crippen molar-refractivity contribution >= 4 is 11.7 Å². The fraction of sp³-hybridized carbons (Fsp3) is 0.556. The van der Waals surface area contributed by atoms with Gasteiger partial charge in [-0.15, -0.1) is 5.10 Å². The minimum absolute atomic E-state index is 0.646. The molecule has 0 aliphatic heterocycles. The second-order valence-electron chi connectivity index (χ2n) is 3.78. The monoisotopic (exact) mass is 297 g/mol. The zero-order chi connectivity index (χ0) is 15.5. The molecule has 0 amide bonds. The summed E-state index contributed by atoms with van der Waals surface area (Å²) in [6, 6.07) is -1.21. The first-order valence-electron chi connectivity index (χ1n) is 5.27. The van der Waals surface area contributed by atoms with Gasteiger partial charge in [0.05, 0.1) is 18.0 Å². The Kier molecular flexibility index (Phi) is 4.53. The Labute approximate surface area is 109 Å². The summed E-state index contributed by atoms with van der Waals surface area (Å²) < 4.78 is 41.2. The van der Waals surface area contributed by atoms with Crippen LogP contribution in [0, 0.1) is 10.1 Å². The first-order valence-corrected chi connectivity index (χ1v) is 5.27. The van der Waals surface area contributed by atoms with E-state index in [2.05, 4.69) is 9.84 Å². The molecule has 112 valence electrons. The van der Waals surface area contributed by atoms with Crippen molar-refractivity contribution in [2.24, 2.45) is 0 Å². The van der Waals surface area contributed by atoms with Crippen LogP contribution in [0.4, 0.5) is 18.9 Å². The summed E-state index contributed by atoms with van der Waals surface area (Å²) in [4.78, 5) is 20.5. The lowest BCUT2D eigenvalue weighted by Crippen LogP contribution is -2.16. The average Bonchev–Trinajstić information content (AvgIpc) is 2.70. The highest BCUT2D eigenvalue weighted by Gasteiger charge is 2.29. The molecule has 1 unspecified atom stereocenters. The van der Waals surface area contributed by atoms with Gasteiger partial charge >= 0.3 is 23.7 Å². The topological polar surface area (TPSA) is 107 Å². The maximum absolute atomic E-state index is 11.9. The molecule has 0 aliphatic carbocycles. The van der Waals surface area contributed by atoms with Gasteiger partial charge in [-0.05, 0) is 6.92 Å². The highest BCUT2D eigenvalue weighted by molar-refractivity contribution is 5.71. The Morgan fingerprint density at radius 3 is 2.70 bits per heavy atom.